The van der Waals surface area contributed by atoms with Gasteiger partial charge in [-0.15, -0.1) is 0 Å². The Morgan fingerprint density at radius 3 is 2.00 bits per heavy atom. The summed E-state index contributed by atoms with van der Waals surface area (Å²) in [5, 5.41) is 0. The summed E-state index contributed by atoms with van der Waals surface area (Å²) < 4.78 is 3.70. The summed E-state index contributed by atoms with van der Waals surface area (Å²) in [7, 11) is 0. The Morgan fingerprint density at radius 2 is 1.29 bits per heavy atom. The van der Waals surface area contributed by atoms with E-state index in [0.717, 1.165) is 0 Å². The zero-order chi connectivity index (χ0) is 14.7. The molecule has 1 heteroatoms. The van der Waals surface area contributed by atoms with Crippen LogP contribution in [0.5, 0.6) is 0 Å². The Balaban J connectivity index is 1.92. The van der Waals surface area contributed by atoms with E-state index in [1.54, 1.807) is 15.5 Å². The molecule has 0 N–H and O–H groups in total. The van der Waals surface area contributed by atoms with Gasteiger partial charge < -0.3 is 0 Å². The van der Waals surface area contributed by atoms with E-state index < -0.39 is 13.3 Å². The zero-order valence-corrected chi connectivity index (χ0v) is 16.0. The van der Waals surface area contributed by atoms with Gasteiger partial charge in [-0.2, -0.15) is 0 Å². The number of allylic oxidation sites excluding steroid dienone is 2. The van der Waals surface area contributed by atoms with E-state index in [2.05, 4.69) is 35.8 Å². The van der Waals surface area contributed by atoms with Crippen molar-refractivity contribution in [3.05, 3.63) is 34.2 Å². The van der Waals surface area contributed by atoms with Gasteiger partial charge >= 0.3 is 133 Å². The van der Waals surface area contributed by atoms with Crippen molar-refractivity contribution in [1.82, 2.24) is 0 Å². The molecule has 0 saturated heterocycles. The van der Waals surface area contributed by atoms with Crippen LogP contribution < -0.4 is 4.40 Å². The maximum atomic E-state index is 2.63. The molecule has 0 nitrogen and oxygen atoms in total. The summed E-state index contributed by atoms with van der Waals surface area (Å²) >= 11 is -1.93. The van der Waals surface area contributed by atoms with E-state index in [0.29, 0.717) is 0 Å². The first-order chi connectivity index (χ1) is 10.2. The molecule has 1 aliphatic heterocycles. The fourth-order valence-corrected chi connectivity index (χ4v) is 11.9. The van der Waals surface area contributed by atoms with Crippen molar-refractivity contribution < 1.29 is 0 Å². The Hall–Kier alpha value is -0.497. The Bertz CT molecular complexity index is 524. The minimum atomic E-state index is -1.93. The predicted octanol–water partition coefficient (Wildman–Crippen LogP) is 5.82. The van der Waals surface area contributed by atoms with E-state index in [-0.39, 0.29) is 0 Å². The number of hydrogen-bond acceptors (Lipinski definition) is 0. The van der Waals surface area contributed by atoms with Crippen molar-refractivity contribution in [2.75, 3.05) is 0 Å². The molecule has 1 aromatic carbocycles. The van der Waals surface area contributed by atoms with E-state index >= 15 is 0 Å². The topological polar surface area (TPSA) is 0 Å². The third-order valence-corrected chi connectivity index (χ3v) is 13.7. The number of hydrogen-bond donors (Lipinski definition) is 0. The number of benzene rings is 1. The van der Waals surface area contributed by atoms with Crippen LogP contribution in [0.15, 0.2) is 28.7 Å². The molecule has 1 aliphatic carbocycles. The normalized spacial score (nSPS) is 23.0. The molecule has 21 heavy (non-hydrogen) atoms. The molecule has 0 saturated carbocycles. The molecule has 0 aromatic heterocycles. The first-order valence-electron chi connectivity index (χ1n) is 9.03. The van der Waals surface area contributed by atoms with E-state index in [1.165, 1.54) is 64.2 Å². The van der Waals surface area contributed by atoms with Gasteiger partial charge in [0, 0.05) is 0 Å². The van der Waals surface area contributed by atoms with Crippen LogP contribution in [0.4, 0.5) is 0 Å². The SMILES string of the molecule is [CH3][Ge]1([CH3])[C]2=C(CCCCCCCCCC2)c2cccc[c]21. The van der Waals surface area contributed by atoms with Gasteiger partial charge in [0.25, 0.3) is 0 Å². The summed E-state index contributed by atoms with van der Waals surface area (Å²) in [6, 6.07) is 9.38. The Kier molecular flexibility index (Phi) is 4.93. The second-order valence-electron chi connectivity index (χ2n) is 7.46. The number of rotatable bonds is 0. The quantitative estimate of drug-likeness (QED) is 0.521. The minimum absolute atomic E-state index is 1.35. The molecule has 1 aromatic rings. The predicted molar refractivity (Wildman–Crippen MR) is 96.6 cm³/mol. The monoisotopic (exact) mass is 344 g/mol. The van der Waals surface area contributed by atoms with Crippen LogP contribution in [-0.2, 0) is 0 Å². The van der Waals surface area contributed by atoms with Gasteiger partial charge in [0.15, 0.2) is 0 Å². The maximum absolute atomic E-state index is 2.63. The van der Waals surface area contributed by atoms with Crippen molar-refractivity contribution >= 4 is 23.2 Å². The van der Waals surface area contributed by atoms with Crippen molar-refractivity contribution in [3.8, 4) is 0 Å². The molecule has 1 heterocycles. The van der Waals surface area contributed by atoms with Gasteiger partial charge in [0.1, 0.15) is 0 Å². The van der Waals surface area contributed by atoms with Crippen molar-refractivity contribution in [2.24, 2.45) is 0 Å². The van der Waals surface area contributed by atoms with Gasteiger partial charge in [-0.3, -0.25) is 0 Å². The fraction of sp³-hybridized carbons (Fsp3) is 0.600. The number of fused-ring (bicyclic) bond motifs is 2. The van der Waals surface area contributed by atoms with Gasteiger partial charge in [-0.25, -0.2) is 0 Å². The third kappa shape index (κ3) is 3.16. The molecule has 0 atom stereocenters. The van der Waals surface area contributed by atoms with Crippen molar-refractivity contribution in [1.29, 1.82) is 0 Å². The first-order valence-corrected chi connectivity index (χ1v) is 15.3. The van der Waals surface area contributed by atoms with Crippen molar-refractivity contribution in [2.45, 2.75) is 75.7 Å². The van der Waals surface area contributed by atoms with E-state index in [9.17, 15) is 0 Å². The summed E-state index contributed by atoms with van der Waals surface area (Å²) in [5.41, 5.74) is 3.44. The van der Waals surface area contributed by atoms with E-state index in [1.807, 2.05) is 4.41 Å². The summed E-state index contributed by atoms with van der Waals surface area (Å²) in [6.07, 6.45) is 14.3. The molecular formula is C20H30Ge. The van der Waals surface area contributed by atoms with Crippen LogP contribution in [0.25, 0.3) is 5.57 Å². The van der Waals surface area contributed by atoms with Crippen LogP contribution in [0.2, 0.25) is 11.5 Å². The summed E-state index contributed by atoms with van der Waals surface area (Å²) in [5.74, 6) is 5.26. The summed E-state index contributed by atoms with van der Waals surface area (Å²) in [4.78, 5) is 0. The van der Waals surface area contributed by atoms with Gasteiger partial charge in [-0.05, 0) is 0 Å². The Morgan fingerprint density at radius 1 is 0.714 bits per heavy atom. The molecule has 0 unspecified atom stereocenters. The molecule has 0 radical (unpaired) electrons. The van der Waals surface area contributed by atoms with Crippen molar-refractivity contribution in [3.63, 3.8) is 0 Å². The standard InChI is InChI=1S/C20H30Ge/c1-21(2)19-15-10-8-6-4-3-5-7-9-13-17(19)18-14-11-12-16-20(18)21/h11-12,14,16H,3-10,13,15H2,1-2H3. The van der Waals surface area contributed by atoms with E-state index in [4.69, 9.17) is 0 Å². The average Bonchev–Trinajstić information content (AvgIpc) is 2.67. The second-order valence-corrected chi connectivity index (χ2v) is 16.7. The second kappa shape index (κ2) is 6.73. The molecule has 114 valence electrons. The van der Waals surface area contributed by atoms with Gasteiger partial charge in [0.2, 0.25) is 0 Å². The van der Waals surface area contributed by atoms with Gasteiger partial charge in [-0.1, -0.05) is 0 Å². The summed E-state index contributed by atoms with van der Waals surface area (Å²) in [6.45, 7) is 0. The zero-order valence-electron chi connectivity index (χ0n) is 13.9. The van der Waals surface area contributed by atoms with Crippen LogP contribution in [0, 0.1) is 0 Å². The molecule has 0 spiro atoms. The van der Waals surface area contributed by atoms with Crippen LogP contribution >= 0.6 is 0 Å². The molecule has 0 bridgehead atoms. The van der Waals surface area contributed by atoms with Crippen LogP contribution in [-0.4, -0.2) is 13.3 Å². The third-order valence-electron chi connectivity index (χ3n) is 5.65. The molecule has 0 amide bonds. The molecule has 3 rings (SSSR count). The van der Waals surface area contributed by atoms with Crippen LogP contribution in [0.3, 0.4) is 0 Å². The molecule has 0 fully saturated rings. The molecule has 2 aliphatic rings. The molecular weight excluding hydrogens is 313 g/mol. The van der Waals surface area contributed by atoms with Gasteiger partial charge in [0.05, 0.1) is 0 Å². The Labute approximate surface area is 133 Å². The first kappa shape index (κ1) is 15.4. The van der Waals surface area contributed by atoms with Crippen LogP contribution in [0.1, 0.15) is 69.8 Å². The average molecular weight is 343 g/mol. The fourth-order valence-electron chi connectivity index (χ4n) is 4.41.